The summed E-state index contributed by atoms with van der Waals surface area (Å²) < 4.78 is 5.48. The fourth-order valence-corrected chi connectivity index (χ4v) is 3.10. The molecular weight excluding hydrogens is 308 g/mol. The quantitative estimate of drug-likeness (QED) is 0.807. The van der Waals surface area contributed by atoms with Crippen molar-refractivity contribution in [2.75, 3.05) is 27.2 Å². The summed E-state index contributed by atoms with van der Waals surface area (Å²) in [5, 5.41) is 5.03. The monoisotopic (exact) mass is 332 g/mol. The van der Waals surface area contributed by atoms with Gasteiger partial charge in [0.25, 0.3) is 0 Å². The summed E-state index contributed by atoms with van der Waals surface area (Å²) in [4.78, 5) is 15.3. The van der Waals surface area contributed by atoms with E-state index in [1.54, 1.807) is 11.3 Å². The molecule has 1 aromatic carbocycles. The molecule has 1 unspecified atom stereocenters. The highest BCUT2D eigenvalue weighted by atomic mass is 32.1. The summed E-state index contributed by atoms with van der Waals surface area (Å²) in [5.41, 5.74) is 1.16. The predicted molar refractivity (Wildman–Crippen MR) is 95.1 cm³/mol. The first kappa shape index (κ1) is 17.5. The van der Waals surface area contributed by atoms with E-state index in [4.69, 9.17) is 4.74 Å². The standard InChI is InChI=1S/C18H24N2O2S/c1-4-22-15-9-7-14(8-10-15)17(20(2)3)13-19-18(21)12-16-6-5-11-23-16/h5-11,17H,4,12-13H2,1-3H3,(H,19,21). The van der Waals surface area contributed by atoms with Gasteiger partial charge in [-0.05, 0) is 50.2 Å². The second-order valence-electron chi connectivity index (χ2n) is 5.54. The third-order valence-corrected chi connectivity index (χ3v) is 4.48. The molecule has 2 aromatic rings. The van der Waals surface area contributed by atoms with Gasteiger partial charge in [0.15, 0.2) is 0 Å². The average molecular weight is 332 g/mol. The first-order valence-electron chi connectivity index (χ1n) is 7.78. The number of carbonyl (C=O) groups is 1. The molecule has 0 fully saturated rings. The van der Waals surface area contributed by atoms with Crippen LogP contribution in [0.2, 0.25) is 0 Å². The third-order valence-electron chi connectivity index (χ3n) is 3.61. The molecule has 0 radical (unpaired) electrons. The van der Waals surface area contributed by atoms with E-state index in [0.29, 0.717) is 19.6 Å². The summed E-state index contributed by atoms with van der Waals surface area (Å²) in [6.07, 6.45) is 0.446. The minimum absolute atomic E-state index is 0.0604. The van der Waals surface area contributed by atoms with Crippen molar-refractivity contribution in [3.05, 3.63) is 52.2 Å². The molecule has 1 amide bonds. The number of thiophene rings is 1. The second-order valence-corrected chi connectivity index (χ2v) is 6.57. The largest absolute Gasteiger partial charge is 0.494 e. The molecular formula is C18H24N2O2S. The van der Waals surface area contributed by atoms with Crippen LogP contribution in [-0.4, -0.2) is 38.1 Å². The molecule has 0 spiro atoms. The molecule has 0 aliphatic carbocycles. The Hall–Kier alpha value is -1.85. The summed E-state index contributed by atoms with van der Waals surface area (Å²) >= 11 is 1.61. The zero-order valence-electron chi connectivity index (χ0n) is 13.9. The molecule has 0 saturated heterocycles. The van der Waals surface area contributed by atoms with Gasteiger partial charge in [-0.1, -0.05) is 18.2 Å². The lowest BCUT2D eigenvalue weighted by atomic mass is 10.1. The molecule has 0 aliphatic heterocycles. The van der Waals surface area contributed by atoms with Gasteiger partial charge in [-0.25, -0.2) is 0 Å². The van der Waals surface area contributed by atoms with Crippen LogP contribution < -0.4 is 10.1 Å². The summed E-state index contributed by atoms with van der Waals surface area (Å²) in [5.74, 6) is 0.931. The van der Waals surface area contributed by atoms with Crippen molar-refractivity contribution >= 4 is 17.2 Å². The predicted octanol–water partition coefficient (Wildman–Crippen LogP) is 3.11. The summed E-state index contributed by atoms with van der Waals surface area (Å²) in [7, 11) is 4.04. The Morgan fingerprint density at radius 3 is 2.57 bits per heavy atom. The van der Waals surface area contributed by atoms with Crippen LogP contribution in [0.4, 0.5) is 0 Å². The fourth-order valence-electron chi connectivity index (χ4n) is 2.40. The first-order chi connectivity index (χ1) is 11.1. The highest BCUT2D eigenvalue weighted by Crippen LogP contribution is 2.21. The Kier molecular flexibility index (Phi) is 6.62. The summed E-state index contributed by atoms with van der Waals surface area (Å²) in [6.45, 7) is 3.22. The highest BCUT2D eigenvalue weighted by Gasteiger charge is 2.15. The van der Waals surface area contributed by atoms with Crippen molar-refractivity contribution in [2.24, 2.45) is 0 Å². The van der Waals surface area contributed by atoms with Crippen LogP contribution >= 0.6 is 11.3 Å². The molecule has 1 aromatic heterocycles. The Bertz CT molecular complexity index is 594. The van der Waals surface area contributed by atoms with Crippen LogP contribution in [0.25, 0.3) is 0 Å². The van der Waals surface area contributed by atoms with Gasteiger partial charge in [0.1, 0.15) is 5.75 Å². The van der Waals surface area contributed by atoms with Gasteiger partial charge in [0.2, 0.25) is 5.91 Å². The maximum Gasteiger partial charge on any atom is 0.225 e. The third kappa shape index (κ3) is 5.37. The van der Waals surface area contributed by atoms with Gasteiger partial charge in [-0.3, -0.25) is 4.79 Å². The maximum absolute atomic E-state index is 12.1. The molecule has 0 saturated carbocycles. The van der Waals surface area contributed by atoms with Crippen molar-refractivity contribution in [1.29, 1.82) is 0 Å². The molecule has 0 bridgehead atoms. The Balaban J connectivity index is 1.94. The molecule has 4 nitrogen and oxygen atoms in total. The molecule has 2 rings (SSSR count). The van der Waals surface area contributed by atoms with Gasteiger partial charge in [0, 0.05) is 11.4 Å². The first-order valence-corrected chi connectivity index (χ1v) is 8.66. The van der Waals surface area contributed by atoms with Crippen LogP contribution in [-0.2, 0) is 11.2 Å². The Morgan fingerprint density at radius 2 is 2.00 bits per heavy atom. The van der Waals surface area contributed by atoms with Crippen LogP contribution in [0.1, 0.15) is 23.4 Å². The van der Waals surface area contributed by atoms with Gasteiger partial charge in [-0.2, -0.15) is 0 Å². The van der Waals surface area contributed by atoms with Crippen molar-refractivity contribution in [3.63, 3.8) is 0 Å². The van der Waals surface area contributed by atoms with E-state index in [1.165, 1.54) is 0 Å². The average Bonchev–Trinajstić information content (AvgIpc) is 3.02. The zero-order chi connectivity index (χ0) is 16.7. The van der Waals surface area contributed by atoms with E-state index in [2.05, 4.69) is 22.3 Å². The van der Waals surface area contributed by atoms with Crippen molar-refractivity contribution < 1.29 is 9.53 Å². The number of benzene rings is 1. The van der Waals surface area contributed by atoms with E-state index < -0.39 is 0 Å². The van der Waals surface area contributed by atoms with Crippen molar-refractivity contribution in [2.45, 2.75) is 19.4 Å². The Morgan fingerprint density at radius 1 is 1.26 bits per heavy atom. The van der Waals surface area contributed by atoms with E-state index in [0.717, 1.165) is 16.2 Å². The second kappa shape index (κ2) is 8.70. The topological polar surface area (TPSA) is 41.6 Å². The molecule has 1 N–H and O–H groups in total. The zero-order valence-corrected chi connectivity index (χ0v) is 14.7. The normalized spacial score (nSPS) is 12.2. The van der Waals surface area contributed by atoms with Gasteiger partial charge in [0.05, 0.1) is 19.1 Å². The molecule has 0 aliphatic rings. The molecule has 1 heterocycles. The smallest absolute Gasteiger partial charge is 0.225 e. The minimum Gasteiger partial charge on any atom is -0.494 e. The molecule has 5 heteroatoms. The highest BCUT2D eigenvalue weighted by molar-refractivity contribution is 7.10. The van der Waals surface area contributed by atoms with Crippen molar-refractivity contribution in [1.82, 2.24) is 10.2 Å². The number of nitrogens with zero attached hydrogens (tertiary/aromatic N) is 1. The van der Waals surface area contributed by atoms with Crippen LogP contribution in [0, 0.1) is 0 Å². The Labute approximate surface area is 142 Å². The lowest BCUT2D eigenvalue weighted by Gasteiger charge is -2.25. The van der Waals surface area contributed by atoms with E-state index in [-0.39, 0.29) is 11.9 Å². The fraction of sp³-hybridized carbons (Fsp3) is 0.389. The number of rotatable bonds is 8. The van der Waals surface area contributed by atoms with Crippen LogP contribution in [0.3, 0.4) is 0 Å². The number of ether oxygens (including phenoxy) is 1. The number of hydrogen-bond donors (Lipinski definition) is 1. The maximum atomic E-state index is 12.1. The lowest BCUT2D eigenvalue weighted by molar-refractivity contribution is -0.120. The number of likely N-dealkylation sites (N-methyl/N-ethyl adjacent to an activating group) is 1. The van der Waals surface area contributed by atoms with Crippen LogP contribution in [0.5, 0.6) is 5.75 Å². The number of amides is 1. The SMILES string of the molecule is CCOc1ccc(C(CNC(=O)Cc2cccs2)N(C)C)cc1. The van der Waals surface area contributed by atoms with Crippen LogP contribution in [0.15, 0.2) is 41.8 Å². The number of nitrogens with one attached hydrogen (secondary N) is 1. The van der Waals surface area contributed by atoms with E-state index in [1.807, 2.05) is 50.7 Å². The van der Waals surface area contributed by atoms with E-state index >= 15 is 0 Å². The van der Waals surface area contributed by atoms with Crippen molar-refractivity contribution in [3.8, 4) is 5.75 Å². The number of carbonyl (C=O) groups excluding carboxylic acids is 1. The lowest BCUT2D eigenvalue weighted by Crippen LogP contribution is -2.35. The van der Waals surface area contributed by atoms with E-state index in [9.17, 15) is 4.79 Å². The van der Waals surface area contributed by atoms with Gasteiger partial charge in [-0.15, -0.1) is 11.3 Å². The number of hydrogen-bond acceptors (Lipinski definition) is 4. The molecule has 23 heavy (non-hydrogen) atoms. The summed E-state index contributed by atoms with van der Waals surface area (Å²) in [6, 6.07) is 12.2. The molecule has 124 valence electrons. The van der Waals surface area contributed by atoms with Gasteiger partial charge < -0.3 is 15.0 Å². The minimum atomic E-state index is 0.0604. The molecule has 1 atom stereocenters. The van der Waals surface area contributed by atoms with Gasteiger partial charge >= 0.3 is 0 Å².